The molecule has 0 unspecified atom stereocenters. The Hall–Kier alpha value is -5.56. The van der Waals surface area contributed by atoms with E-state index in [0.717, 1.165) is 0 Å². The Morgan fingerprint density at radius 2 is 0.424 bits per heavy atom. The molecule has 0 aliphatic rings. The van der Waals surface area contributed by atoms with Gasteiger partial charge in [0.25, 0.3) is 0 Å². The van der Waals surface area contributed by atoms with Crippen LogP contribution in [-0.4, -0.2) is 59.8 Å². The van der Waals surface area contributed by atoms with Gasteiger partial charge in [0.05, 0.1) is 0 Å². The molecule has 33 heavy (non-hydrogen) atoms. The summed E-state index contributed by atoms with van der Waals surface area (Å²) in [7, 11) is 0. The zero-order valence-corrected chi connectivity index (χ0v) is 16.5. The van der Waals surface area contributed by atoms with E-state index in [1.54, 1.807) is 0 Å². The van der Waals surface area contributed by atoms with Gasteiger partial charge < -0.3 is 45.9 Å². The molecule has 0 saturated heterocycles. The molecule has 0 aromatic carbocycles. The maximum absolute atomic E-state index is 5.82. The quantitative estimate of drug-likeness (QED) is 0.144. The van der Waals surface area contributed by atoms with Gasteiger partial charge in [0.1, 0.15) is 0 Å². The van der Waals surface area contributed by atoms with Gasteiger partial charge in [0.2, 0.25) is 53.0 Å². The minimum absolute atomic E-state index is 0.271. The summed E-state index contributed by atoms with van der Waals surface area (Å²) in [5, 5.41) is 0. The lowest BCUT2D eigenvalue weighted by Gasteiger charge is -2.28. The Balaban J connectivity index is 2.28. The molecule has 20 heteroatoms. The molecule has 0 aliphatic carbocycles. The average Bonchev–Trinajstić information content (AvgIpc) is 2.65. The summed E-state index contributed by atoms with van der Waals surface area (Å²) in [4.78, 5) is 48.2. The Bertz CT molecular complexity index is 1080. The monoisotopic (exact) mass is 452 g/mol. The van der Waals surface area contributed by atoms with Crippen LogP contribution < -0.4 is 45.9 Å². The van der Waals surface area contributed by atoms with Gasteiger partial charge in [-0.1, -0.05) is 0 Å². The number of hydrogen-bond donors (Lipinski definition) is 8. The number of nitrogen functional groups attached to an aromatic ring is 8. The molecule has 20 nitrogen and oxygen atoms in total. The van der Waals surface area contributed by atoms with Crippen molar-refractivity contribution in [2.75, 3.05) is 45.9 Å². The maximum Gasteiger partial charge on any atom is 0.225 e. The predicted molar refractivity (Wildman–Crippen MR) is 114 cm³/mol. The molecule has 0 amide bonds. The second-order valence-electron chi connectivity index (χ2n) is 6.25. The average molecular weight is 452 g/mol. The second kappa shape index (κ2) is 7.29. The number of nitrogens with zero attached hydrogens (tertiary/aromatic N) is 12. The number of rotatable bonds is 4. The van der Waals surface area contributed by atoms with E-state index in [2.05, 4.69) is 59.8 Å². The molecule has 4 aromatic rings. The molecule has 0 atom stereocenters. The maximum atomic E-state index is 5.82. The van der Waals surface area contributed by atoms with Crippen LogP contribution in [-0.2, 0) is 5.41 Å². The van der Waals surface area contributed by atoms with E-state index in [1.807, 2.05) is 0 Å². The van der Waals surface area contributed by atoms with Gasteiger partial charge >= 0.3 is 0 Å². The summed E-state index contributed by atoms with van der Waals surface area (Å²) in [6.07, 6.45) is 0. The lowest BCUT2D eigenvalue weighted by atomic mass is 9.83. The molecule has 168 valence electrons. The predicted octanol–water partition coefficient (Wildman–Crippen LogP) is -4.53. The SMILES string of the molecule is Nc1nc(N)nc(C(c2nc(N)nc(N)n2)(c2nc(N)nc(N)n2)c2nc(N)nc(N)n2)n1. The highest BCUT2D eigenvalue weighted by Gasteiger charge is 2.52. The number of aromatic nitrogens is 12. The van der Waals surface area contributed by atoms with E-state index in [1.165, 1.54) is 0 Å². The Morgan fingerprint density at radius 3 is 0.576 bits per heavy atom. The van der Waals surface area contributed by atoms with Gasteiger partial charge in [0.15, 0.2) is 23.3 Å². The normalized spacial score (nSPS) is 11.4. The summed E-state index contributed by atoms with van der Waals surface area (Å²) in [6, 6.07) is 0. The topological polar surface area (TPSA) is 363 Å². The molecule has 0 fully saturated rings. The van der Waals surface area contributed by atoms with E-state index in [9.17, 15) is 0 Å². The summed E-state index contributed by atoms with van der Waals surface area (Å²) >= 11 is 0. The molecule has 4 rings (SSSR count). The highest BCUT2D eigenvalue weighted by atomic mass is 15.2. The van der Waals surface area contributed by atoms with E-state index in [-0.39, 0.29) is 70.9 Å². The van der Waals surface area contributed by atoms with Crippen molar-refractivity contribution >= 4 is 47.6 Å². The minimum Gasteiger partial charge on any atom is -0.368 e. The van der Waals surface area contributed by atoms with E-state index in [0.29, 0.717) is 0 Å². The number of hydrogen-bond acceptors (Lipinski definition) is 20. The fourth-order valence-corrected chi connectivity index (χ4v) is 2.91. The van der Waals surface area contributed by atoms with Gasteiger partial charge in [-0.3, -0.25) is 0 Å². The summed E-state index contributed by atoms with van der Waals surface area (Å²) < 4.78 is 0. The van der Waals surface area contributed by atoms with Crippen molar-refractivity contribution in [2.24, 2.45) is 0 Å². The van der Waals surface area contributed by atoms with Gasteiger partial charge in [-0.05, 0) is 0 Å². The van der Waals surface area contributed by atoms with Crippen molar-refractivity contribution in [3.63, 3.8) is 0 Å². The zero-order chi connectivity index (χ0) is 23.9. The first-order valence-electron chi connectivity index (χ1n) is 8.68. The van der Waals surface area contributed by atoms with Crippen LogP contribution in [0.15, 0.2) is 0 Å². The Kier molecular flexibility index (Phi) is 4.58. The van der Waals surface area contributed by atoms with Gasteiger partial charge in [-0.2, -0.15) is 59.8 Å². The zero-order valence-electron chi connectivity index (χ0n) is 16.5. The van der Waals surface area contributed by atoms with Gasteiger partial charge in [-0.15, -0.1) is 0 Å². The third-order valence-electron chi connectivity index (χ3n) is 4.02. The molecule has 0 bridgehead atoms. The first-order valence-corrected chi connectivity index (χ1v) is 8.68. The van der Waals surface area contributed by atoms with Crippen LogP contribution in [0.3, 0.4) is 0 Å². The van der Waals surface area contributed by atoms with Gasteiger partial charge in [-0.25, -0.2) is 0 Å². The van der Waals surface area contributed by atoms with Crippen LogP contribution in [0.2, 0.25) is 0 Å². The van der Waals surface area contributed by atoms with E-state index >= 15 is 0 Å². The molecule has 0 saturated carbocycles. The van der Waals surface area contributed by atoms with Crippen LogP contribution in [0.25, 0.3) is 0 Å². The number of anilines is 8. The largest absolute Gasteiger partial charge is 0.368 e. The standard InChI is InChI=1S/C13H16N20/c14-5-22-1(23-6(15)30-5)13(2-24-7(16)31-8(17)25-2,3-26-9(18)32-10(19)27-3)4-28-11(20)33-12(21)29-4/h(H4,14,15,22,23,30)(H4,16,17,24,25,31)(H4,18,19,26,27,32)(H4,20,21,28,29,33). The molecule has 4 aromatic heterocycles. The van der Waals surface area contributed by atoms with Crippen LogP contribution in [0.4, 0.5) is 47.6 Å². The third kappa shape index (κ3) is 3.58. The first-order chi connectivity index (χ1) is 15.6. The molecule has 0 radical (unpaired) electrons. The Morgan fingerprint density at radius 1 is 0.273 bits per heavy atom. The van der Waals surface area contributed by atoms with Crippen molar-refractivity contribution in [2.45, 2.75) is 5.41 Å². The molecular weight excluding hydrogens is 436 g/mol. The van der Waals surface area contributed by atoms with Crippen LogP contribution in [0.1, 0.15) is 23.3 Å². The van der Waals surface area contributed by atoms with Crippen molar-refractivity contribution in [3.05, 3.63) is 23.3 Å². The molecular formula is C13H16N20. The number of nitrogens with two attached hydrogens (primary N) is 8. The minimum atomic E-state index is -2.09. The highest BCUT2D eigenvalue weighted by molar-refractivity contribution is 5.50. The fourth-order valence-electron chi connectivity index (χ4n) is 2.91. The van der Waals surface area contributed by atoms with Crippen LogP contribution >= 0.6 is 0 Å². The van der Waals surface area contributed by atoms with Crippen molar-refractivity contribution in [1.29, 1.82) is 0 Å². The van der Waals surface area contributed by atoms with Crippen molar-refractivity contribution < 1.29 is 0 Å². The fraction of sp³-hybridized carbons (Fsp3) is 0.0769. The smallest absolute Gasteiger partial charge is 0.225 e. The summed E-state index contributed by atoms with van der Waals surface area (Å²) in [6.45, 7) is 0. The molecule has 0 aliphatic heterocycles. The third-order valence-corrected chi connectivity index (χ3v) is 4.02. The molecule has 16 N–H and O–H groups in total. The molecule has 0 spiro atoms. The lowest BCUT2D eigenvalue weighted by Crippen LogP contribution is -2.41. The summed E-state index contributed by atoms with van der Waals surface area (Å²) in [5.74, 6) is -3.40. The van der Waals surface area contributed by atoms with Crippen LogP contribution in [0, 0.1) is 0 Å². The lowest BCUT2D eigenvalue weighted by molar-refractivity contribution is 0.553. The highest BCUT2D eigenvalue weighted by Crippen LogP contribution is 2.39. The Labute approximate surface area is 182 Å². The second-order valence-corrected chi connectivity index (χ2v) is 6.25. The first kappa shape index (κ1) is 20.7. The van der Waals surface area contributed by atoms with Crippen LogP contribution in [0.5, 0.6) is 0 Å². The van der Waals surface area contributed by atoms with Gasteiger partial charge in [0, 0.05) is 0 Å². The molecule has 4 heterocycles. The van der Waals surface area contributed by atoms with Crippen molar-refractivity contribution in [3.8, 4) is 0 Å². The van der Waals surface area contributed by atoms with E-state index in [4.69, 9.17) is 45.9 Å². The van der Waals surface area contributed by atoms with Crippen molar-refractivity contribution in [1.82, 2.24) is 59.8 Å². The summed E-state index contributed by atoms with van der Waals surface area (Å²) in [5.41, 5.74) is 44.5. The van der Waals surface area contributed by atoms with E-state index < -0.39 is 5.41 Å².